The van der Waals surface area contributed by atoms with Gasteiger partial charge in [-0.3, -0.25) is 9.59 Å². The van der Waals surface area contributed by atoms with Gasteiger partial charge in [0.15, 0.2) is 0 Å². The quantitative estimate of drug-likeness (QED) is 0.575. The SMILES string of the molecule is CCOC(=O)Cc1ccc(C=C(CNC(C)=O)B2OC(C)(C)C(C)(C)O2)cc1. The third-order valence-electron chi connectivity index (χ3n) is 5.08. The second-order valence-corrected chi connectivity index (χ2v) is 7.94. The van der Waals surface area contributed by atoms with Crippen LogP contribution in [0.4, 0.5) is 0 Å². The highest BCUT2D eigenvalue weighted by Crippen LogP contribution is 2.38. The van der Waals surface area contributed by atoms with Crippen LogP contribution in [0.25, 0.3) is 6.08 Å². The molecule has 0 radical (unpaired) electrons. The highest BCUT2D eigenvalue weighted by molar-refractivity contribution is 6.56. The molecule has 1 aliphatic heterocycles. The number of nitrogens with one attached hydrogen (secondary N) is 1. The number of benzene rings is 1. The molecule has 0 spiro atoms. The van der Waals surface area contributed by atoms with Gasteiger partial charge in [0.25, 0.3) is 0 Å². The smallest absolute Gasteiger partial charge is 0.466 e. The first-order chi connectivity index (χ1) is 13.0. The molecular weight excluding hydrogens is 357 g/mol. The lowest BCUT2D eigenvalue weighted by Crippen LogP contribution is -2.41. The lowest BCUT2D eigenvalue weighted by molar-refractivity contribution is -0.142. The number of amides is 1. The summed E-state index contributed by atoms with van der Waals surface area (Å²) < 4.78 is 17.2. The predicted octanol–water partition coefficient (Wildman–Crippen LogP) is 2.94. The van der Waals surface area contributed by atoms with Crippen LogP contribution in [0.5, 0.6) is 0 Å². The monoisotopic (exact) mass is 387 g/mol. The van der Waals surface area contributed by atoms with Crippen LogP contribution in [0, 0.1) is 0 Å². The van der Waals surface area contributed by atoms with Crippen molar-refractivity contribution in [3.8, 4) is 0 Å². The molecule has 1 amide bonds. The van der Waals surface area contributed by atoms with Crippen LogP contribution >= 0.6 is 0 Å². The van der Waals surface area contributed by atoms with Crippen molar-refractivity contribution in [2.24, 2.45) is 0 Å². The van der Waals surface area contributed by atoms with Crippen molar-refractivity contribution in [3.05, 3.63) is 40.9 Å². The number of esters is 1. The zero-order chi connectivity index (χ0) is 20.9. The van der Waals surface area contributed by atoms with Crippen molar-refractivity contribution in [1.29, 1.82) is 0 Å². The van der Waals surface area contributed by atoms with Crippen LogP contribution in [-0.2, 0) is 30.1 Å². The molecule has 28 heavy (non-hydrogen) atoms. The topological polar surface area (TPSA) is 73.9 Å². The number of carbonyl (C=O) groups excluding carboxylic acids is 2. The van der Waals surface area contributed by atoms with Gasteiger partial charge in [0.05, 0.1) is 24.2 Å². The second-order valence-electron chi connectivity index (χ2n) is 7.94. The average Bonchev–Trinajstić information content (AvgIpc) is 2.80. The summed E-state index contributed by atoms with van der Waals surface area (Å²) in [4.78, 5) is 23.0. The van der Waals surface area contributed by atoms with Gasteiger partial charge in [0, 0.05) is 13.5 Å². The maximum absolute atomic E-state index is 11.6. The van der Waals surface area contributed by atoms with Crippen LogP contribution in [0.1, 0.15) is 52.7 Å². The van der Waals surface area contributed by atoms with Gasteiger partial charge in [0.2, 0.25) is 5.91 Å². The summed E-state index contributed by atoms with van der Waals surface area (Å²) >= 11 is 0. The zero-order valence-electron chi connectivity index (χ0n) is 17.6. The number of hydrogen-bond acceptors (Lipinski definition) is 5. The molecule has 0 aromatic heterocycles. The molecule has 0 bridgehead atoms. The van der Waals surface area contributed by atoms with Crippen LogP contribution in [-0.4, -0.2) is 43.3 Å². The van der Waals surface area contributed by atoms with Crippen molar-refractivity contribution in [2.45, 2.75) is 59.2 Å². The molecule has 7 heteroatoms. The van der Waals surface area contributed by atoms with Crippen molar-refractivity contribution in [3.63, 3.8) is 0 Å². The predicted molar refractivity (Wildman–Crippen MR) is 110 cm³/mol. The highest BCUT2D eigenvalue weighted by atomic mass is 16.7. The zero-order valence-corrected chi connectivity index (χ0v) is 17.6. The molecule has 1 aromatic rings. The highest BCUT2D eigenvalue weighted by Gasteiger charge is 2.52. The molecule has 0 saturated carbocycles. The average molecular weight is 387 g/mol. The Kier molecular flexibility index (Phi) is 7.07. The molecule has 1 aromatic carbocycles. The van der Waals surface area contributed by atoms with E-state index in [1.165, 1.54) is 6.92 Å². The van der Waals surface area contributed by atoms with Gasteiger partial charge in [0.1, 0.15) is 0 Å². The Labute approximate surface area is 167 Å². The van der Waals surface area contributed by atoms with Gasteiger partial charge in [-0.25, -0.2) is 0 Å². The molecule has 0 aliphatic carbocycles. The van der Waals surface area contributed by atoms with E-state index in [1.807, 2.05) is 58.0 Å². The minimum absolute atomic E-state index is 0.118. The van der Waals surface area contributed by atoms with Gasteiger partial charge >= 0.3 is 13.1 Å². The second kappa shape index (κ2) is 8.92. The van der Waals surface area contributed by atoms with Crippen LogP contribution < -0.4 is 5.32 Å². The lowest BCUT2D eigenvalue weighted by atomic mass is 9.77. The third kappa shape index (κ3) is 5.69. The largest absolute Gasteiger partial charge is 0.492 e. The number of rotatable bonds is 7. The molecule has 1 N–H and O–H groups in total. The summed E-state index contributed by atoms with van der Waals surface area (Å²) in [5, 5.41) is 2.82. The molecule has 2 rings (SSSR count). The van der Waals surface area contributed by atoms with Gasteiger partial charge in [-0.05, 0) is 51.2 Å². The summed E-state index contributed by atoms with van der Waals surface area (Å²) in [5.74, 6) is -0.360. The molecule has 1 heterocycles. The van der Waals surface area contributed by atoms with Gasteiger partial charge < -0.3 is 19.4 Å². The van der Waals surface area contributed by atoms with Gasteiger partial charge in [-0.1, -0.05) is 30.3 Å². The lowest BCUT2D eigenvalue weighted by Gasteiger charge is -2.32. The first kappa shape index (κ1) is 22.2. The Morgan fingerprint density at radius 1 is 1.11 bits per heavy atom. The van der Waals surface area contributed by atoms with E-state index in [0.29, 0.717) is 13.2 Å². The number of carbonyl (C=O) groups is 2. The summed E-state index contributed by atoms with van der Waals surface area (Å²) in [5.41, 5.74) is 1.72. The van der Waals surface area contributed by atoms with E-state index in [1.54, 1.807) is 6.92 Å². The van der Waals surface area contributed by atoms with Crippen LogP contribution in [0.15, 0.2) is 29.7 Å². The number of ether oxygens (including phenoxy) is 1. The maximum atomic E-state index is 11.6. The van der Waals surface area contributed by atoms with E-state index < -0.39 is 18.3 Å². The molecule has 0 atom stereocenters. The molecule has 1 fully saturated rings. The van der Waals surface area contributed by atoms with Gasteiger partial charge in [-0.2, -0.15) is 0 Å². The van der Waals surface area contributed by atoms with Crippen molar-refractivity contribution in [2.75, 3.05) is 13.2 Å². The summed E-state index contributed by atoms with van der Waals surface area (Å²) in [7, 11) is -0.545. The molecular formula is C21H30BNO5. The Morgan fingerprint density at radius 2 is 1.68 bits per heavy atom. The molecule has 1 saturated heterocycles. The summed E-state index contributed by atoms with van der Waals surface area (Å²) in [6, 6.07) is 7.63. The van der Waals surface area contributed by atoms with E-state index in [-0.39, 0.29) is 18.3 Å². The molecule has 152 valence electrons. The first-order valence-corrected chi connectivity index (χ1v) is 9.59. The Hall–Kier alpha value is -2.12. The Bertz CT molecular complexity index is 724. The fourth-order valence-electron chi connectivity index (χ4n) is 2.75. The van der Waals surface area contributed by atoms with E-state index >= 15 is 0 Å². The standard InChI is InChI=1S/C21H30BNO5/c1-7-26-19(25)13-17-10-8-16(9-11-17)12-18(14-23-15(2)24)22-27-20(3,4)21(5,6)28-22/h8-12H,7,13-14H2,1-6H3,(H,23,24). The minimum atomic E-state index is -0.545. The molecule has 0 unspecified atom stereocenters. The summed E-state index contributed by atoms with van der Waals surface area (Å²) in [6.45, 7) is 11.9. The first-order valence-electron chi connectivity index (χ1n) is 9.59. The van der Waals surface area contributed by atoms with E-state index in [2.05, 4.69) is 5.32 Å². The van der Waals surface area contributed by atoms with E-state index in [4.69, 9.17) is 14.0 Å². The fraction of sp³-hybridized carbons (Fsp3) is 0.524. The van der Waals surface area contributed by atoms with Gasteiger partial charge in [-0.15, -0.1) is 0 Å². The third-order valence-corrected chi connectivity index (χ3v) is 5.08. The Balaban J connectivity index is 2.20. The van der Waals surface area contributed by atoms with Crippen molar-refractivity contribution < 1.29 is 23.6 Å². The molecule has 1 aliphatic rings. The Morgan fingerprint density at radius 3 is 2.18 bits per heavy atom. The minimum Gasteiger partial charge on any atom is -0.466 e. The summed E-state index contributed by atoms with van der Waals surface area (Å²) in [6.07, 6.45) is 2.19. The molecule has 6 nitrogen and oxygen atoms in total. The van der Waals surface area contributed by atoms with Crippen LogP contribution in [0.3, 0.4) is 0 Å². The van der Waals surface area contributed by atoms with Crippen LogP contribution in [0.2, 0.25) is 0 Å². The normalized spacial score (nSPS) is 18.1. The van der Waals surface area contributed by atoms with E-state index in [0.717, 1.165) is 16.6 Å². The number of hydrogen-bond donors (Lipinski definition) is 1. The fourth-order valence-corrected chi connectivity index (χ4v) is 2.75. The van der Waals surface area contributed by atoms with Crippen molar-refractivity contribution >= 4 is 25.1 Å². The van der Waals surface area contributed by atoms with E-state index in [9.17, 15) is 9.59 Å². The maximum Gasteiger partial charge on any atom is 0.492 e. The van der Waals surface area contributed by atoms with Crippen molar-refractivity contribution in [1.82, 2.24) is 5.32 Å².